The summed E-state index contributed by atoms with van der Waals surface area (Å²) in [7, 11) is 0. The fourth-order valence-corrected chi connectivity index (χ4v) is 2.80. The van der Waals surface area contributed by atoms with Crippen molar-refractivity contribution in [2.75, 3.05) is 11.9 Å². The van der Waals surface area contributed by atoms with Crippen LogP contribution >= 0.6 is 0 Å². The van der Waals surface area contributed by atoms with Crippen LogP contribution in [0.1, 0.15) is 11.1 Å². The van der Waals surface area contributed by atoms with Gasteiger partial charge in [-0.15, -0.1) is 0 Å². The predicted molar refractivity (Wildman–Crippen MR) is 96.2 cm³/mol. The van der Waals surface area contributed by atoms with Gasteiger partial charge in [-0.3, -0.25) is 0 Å². The Hall–Kier alpha value is -2.86. The number of benzene rings is 2. The summed E-state index contributed by atoms with van der Waals surface area (Å²) in [5.74, 6) is -0.418. The maximum atomic E-state index is 13.3. The van der Waals surface area contributed by atoms with Crippen molar-refractivity contribution in [3.8, 4) is 0 Å². The molecule has 2 aromatic carbocycles. The van der Waals surface area contributed by atoms with E-state index in [1.165, 1.54) is 12.1 Å². The monoisotopic (exact) mass is 341 g/mol. The Balaban J connectivity index is 1.67. The highest BCUT2D eigenvalue weighted by Gasteiger charge is 2.15. The average Bonchev–Trinajstić information content (AvgIpc) is 3.00. The van der Waals surface area contributed by atoms with Crippen molar-refractivity contribution in [2.24, 2.45) is 0 Å². The van der Waals surface area contributed by atoms with Gasteiger partial charge in [0.1, 0.15) is 5.82 Å². The Labute approximate surface area is 144 Å². The minimum atomic E-state index is -0.479. The lowest BCUT2D eigenvalue weighted by atomic mass is 10.1. The number of aliphatic hydroxyl groups excluding tert-OH is 1. The Morgan fingerprint density at radius 1 is 1.28 bits per heavy atom. The highest BCUT2D eigenvalue weighted by Crippen LogP contribution is 2.19. The molecule has 1 atom stereocenters. The van der Waals surface area contributed by atoms with Gasteiger partial charge in [-0.1, -0.05) is 24.3 Å². The van der Waals surface area contributed by atoms with Crippen LogP contribution in [0.25, 0.3) is 10.9 Å². The maximum absolute atomic E-state index is 13.3. The molecule has 0 aliphatic heterocycles. The first-order valence-corrected chi connectivity index (χ1v) is 8.06. The molecule has 4 N–H and O–H groups in total. The number of hydrogen-bond donors (Lipinski definition) is 4. The van der Waals surface area contributed by atoms with Gasteiger partial charge in [0, 0.05) is 22.8 Å². The molecule has 6 heteroatoms. The Bertz CT molecular complexity index is 891. The Kier molecular flexibility index (Phi) is 5.00. The standard InChI is InChI=1S/C19H20FN3O2/c1-12-6-7-14(20)9-18(12)23-19(25)22-15(11-24)8-13-10-21-17-5-3-2-4-16(13)17/h2-7,9-10,15,21,24H,8,11H2,1H3,(H2,22,23,25)/t15-/m1/s1. The summed E-state index contributed by atoms with van der Waals surface area (Å²) in [5.41, 5.74) is 3.18. The van der Waals surface area contributed by atoms with Gasteiger partial charge < -0.3 is 20.7 Å². The van der Waals surface area contributed by atoms with E-state index in [0.29, 0.717) is 12.1 Å². The summed E-state index contributed by atoms with van der Waals surface area (Å²) >= 11 is 0. The fraction of sp³-hybridized carbons (Fsp3) is 0.211. The lowest BCUT2D eigenvalue weighted by molar-refractivity contribution is 0.224. The predicted octanol–water partition coefficient (Wildman–Crippen LogP) is 3.34. The maximum Gasteiger partial charge on any atom is 0.319 e. The van der Waals surface area contributed by atoms with Crippen molar-refractivity contribution < 1.29 is 14.3 Å². The summed E-state index contributed by atoms with van der Waals surface area (Å²) in [6, 6.07) is 11.1. The molecule has 0 aliphatic carbocycles. The van der Waals surface area contributed by atoms with E-state index in [9.17, 15) is 14.3 Å². The lowest BCUT2D eigenvalue weighted by Gasteiger charge is -2.17. The van der Waals surface area contributed by atoms with Crippen LogP contribution in [0, 0.1) is 12.7 Å². The molecular weight excluding hydrogens is 321 g/mol. The van der Waals surface area contributed by atoms with E-state index in [1.807, 2.05) is 30.5 Å². The summed E-state index contributed by atoms with van der Waals surface area (Å²) in [5, 5.41) is 16.0. The first-order valence-electron chi connectivity index (χ1n) is 8.06. The van der Waals surface area contributed by atoms with Crippen LogP contribution in [0.2, 0.25) is 0 Å². The fourth-order valence-electron chi connectivity index (χ4n) is 2.80. The summed E-state index contributed by atoms with van der Waals surface area (Å²) in [6.45, 7) is 1.58. The number of hydrogen-bond acceptors (Lipinski definition) is 2. The van der Waals surface area contributed by atoms with Crippen molar-refractivity contribution in [1.82, 2.24) is 10.3 Å². The second-order valence-electron chi connectivity index (χ2n) is 6.00. The number of aliphatic hydroxyl groups is 1. The molecule has 5 nitrogen and oxygen atoms in total. The van der Waals surface area contributed by atoms with Crippen LogP contribution in [0.15, 0.2) is 48.7 Å². The van der Waals surface area contributed by atoms with E-state index < -0.39 is 17.9 Å². The normalized spacial score (nSPS) is 12.1. The minimum absolute atomic E-state index is 0.199. The Morgan fingerprint density at radius 2 is 2.08 bits per heavy atom. The van der Waals surface area contributed by atoms with Crippen LogP contribution in [-0.2, 0) is 6.42 Å². The largest absolute Gasteiger partial charge is 0.394 e. The number of aryl methyl sites for hydroxylation is 1. The molecule has 1 heterocycles. The van der Waals surface area contributed by atoms with Crippen molar-refractivity contribution in [1.29, 1.82) is 0 Å². The Morgan fingerprint density at radius 3 is 2.88 bits per heavy atom. The van der Waals surface area contributed by atoms with Gasteiger partial charge in [0.05, 0.1) is 12.6 Å². The third kappa shape index (κ3) is 3.97. The van der Waals surface area contributed by atoms with E-state index in [1.54, 1.807) is 13.0 Å². The van der Waals surface area contributed by atoms with Crippen LogP contribution in [0.4, 0.5) is 14.9 Å². The number of anilines is 1. The molecule has 3 rings (SSSR count). The van der Waals surface area contributed by atoms with E-state index in [2.05, 4.69) is 15.6 Å². The zero-order valence-corrected chi connectivity index (χ0v) is 13.8. The second kappa shape index (κ2) is 7.36. The highest BCUT2D eigenvalue weighted by molar-refractivity contribution is 5.90. The van der Waals surface area contributed by atoms with E-state index in [0.717, 1.165) is 22.0 Å². The van der Waals surface area contributed by atoms with Crippen molar-refractivity contribution >= 4 is 22.6 Å². The topological polar surface area (TPSA) is 77.2 Å². The SMILES string of the molecule is Cc1ccc(F)cc1NC(=O)N[C@@H](CO)Cc1c[nH]c2ccccc12. The highest BCUT2D eigenvalue weighted by atomic mass is 19.1. The number of aromatic nitrogens is 1. The number of carbonyl (C=O) groups excluding carboxylic acids is 1. The van der Waals surface area contributed by atoms with Gasteiger partial charge >= 0.3 is 6.03 Å². The van der Waals surface area contributed by atoms with Crippen molar-refractivity contribution in [3.05, 3.63) is 65.6 Å². The number of para-hydroxylation sites is 1. The van der Waals surface area contributed by atoms with Gasteiger partial charge in [0.25, 0.3) is 0 Å². The third-order valence-corrected chi connectivity index (χ3v) is 4.14. The van der Waals surface area contributed by atoms with Crippen LogP contribution in [-0.4, -0.2) is 28.8 Å². The number of fused-ring (bicyclic) bond motifs is 1. The summed E-state index contributed by atoms with van der Waals surface area (Å²) < 4.78 is 13.3. The third-order valence-electron chi connectivity index (χ3n) is 4.14. The molecule has 130 valence electrons. The quantitative estimate of drug-likeness (QED) is 0.574. The number of halogens is 1. The number of urea groups is 1. The summed E-state index contributed by atoms with van der Waals surface area (Å²) in [4.78, 5) is 15.3. The molecule has 1 aromatic heterocycles. The first kappa shape index (κ1) is 17.0. The number of H-pyrrole nitrogens is 1. The van der Waals surface area contributed by atoms with E-state index in [4.69, 9.17) is 0 Å². The zero-order valence-electron chi connectivity index (χ0n) is 13.8. The zero-order chi connectivity index (χ0) is 17.8. The molecule has 0 spiro atoms. The molecule has 25 heavy (non-hydrogen) atoms. The molecule has 0 fully saturated rings. The van der Waals surface area contributed by atoms with E-state index >= 15 is 0 Å². The molecule has 2 amide bonds. The number of amides is 2. The van der Waals surface area contributed by atoms with E-state index in [-0.39, 0.29) is 6.61 Å². The average molecular weight is 341 g/mol. The number of nitrogens with one attached hydrogen (secondary N) is 3. The van der Waals surface area contributed by atoms with Crippen LogP contribution in [0.5, 0.6) is 0 Å². The minimum Gasteiger partial charge on any atom is -0.394 e. The molecule has 0 unspecified atom stereocenters. The lowest BCUT2D eigenvalue weighted by Crippen LogP contribution is -2.41. The van der Waals surface area contributed by atoms with Gasteiger partial charge in [-0.25, -0.2) is 9.18 Å². The van der Waals surface area contributed by atoms with Crippen molar-refractivity contribution in [3.63, 3.8) is 0 Å². The molecular formula is C19H20FN3O2. The van der Waals surface area contributed by atoms with Crippen LogP contribution in [0.3, 0.4) is 0 Å². The summed E-state index contributed by atoms with van der Waals surface area (Å²) in [6.07, 6.45) is 2.36. The molecule has 0 saturated heterocycles. The molecule has 0 radical (unpaired) electrons. The van der Waals surface area contributed by atoms with Gasteiger partial charge in [-0.2, -0.15) is 0 Å². The molecule has 3 aromatic rings. The van der Waals surface area contributed by atoms with Gasteiger partial charge in [0.2, 0.25) is 0 Å². The van der Waals surface area contributed by atoms with Gasteiger partial charge in [-0.05, 0) is 42.7 Å². The van der Waals surface area contributed by atoms with Gasteiger partial charge in [0.15, 0.2) is 0 Å². The first-order chi connectivity index (χ1) is 12.1. The van der Waals surface area contributed by atoms with Crippen molar-refractivity contribution in [2.45, 2.75) is 19.4 Å². The molecule has 0 bridgehead atoms. The smallest absolute Gasteiger partial charge is 0.319 e. The molecule has 0 aliphatic rings. The number of rotatable bonds is 5. The second-order valence-corrected chi connectivity index (χ2v) is 6.00. The number of aromatic amines is 1. The van der Waals surface area contributed by atoms with Crippen LogP contribution < -0.4 is 10.6 Å². The molecule has 0 saturated carbocycles. The number of carbonyl (C=O) groups is 1.